The average molecular weight is 390 g/mol. The summed E-state index contributed by atoms with van der Waals surface area (Å²) in [5.74, 6) is 0. The van der Waals surface area contributed by atoms with Crippen LogP contribution in [-0.4, -0.2) is 31.1 Å². The van der Waals surface area contributed by atoms with Crippen molar-refractivity contribution < 1.29 is 0 Å². The predicted molar refractivity (Wildman–Crippen MR) is 93.2 cm³/mol. The molecule has 1 N–H and O–H groups in total. The van der Waals surface area contributed by atoms with E-state index < -0.39 is 0 Å². The lowest BCUT2D eigenvalue weighted by Gasteiger charge is -2.34. The molecule has 0 aromatic carbocycles. The highest BCUT2D eigenvalue weighted by Crippen LogP contribution is 2.33. The second kappa shape index (κ2) is 10.4. The molecule has 1 aromatic rings. The van der Waals surface area contributed by atoms with Gasteiger partial charge in [-0.15, -0.1) is 36.2 Å². The molecule has 0 radical (unpaired) electrons. The van der Waals surface area contributed by atoms with Gasteiger partial charge in [0.1, 0.15) is 0 Å². The molecule has 1 fully saturated rings. The minimum absolute atomic E-state index is 0. The van der Waals surface area contributed by atoms with E-state index in [1.807, 2.05) is 11.3 Å². The third kappa shape index (κ3) is 5.90. The van der Waals surface area contributed by atoms with Crippen molar-refractivity contribution in [1.82, 2.24) is 10.2 Å². The Labute approximate surface area is 141 Å². The van der Waals surface area contributed by atoms with E-state index in [2.05, 4.69) is 44.5 Å². The molecular weight excluding hydrogens is 367 g/mol. The fraction of sp³-hybridized carbons (Fsp3) is 0.692. The molecule has 1 saturated heterocycles. The van der Waals surface area contributed by atoms with Gasteiger partial charge in [-0.2, -0.15) is 0 Å². The molecule has 0 amide bonds. The van der Waals surface area contributed by atoms with Crippen LogP contribution < -0.4 is 5.32 Å². The number of nitrogens with zero attached hydrogens (tertiary/aromatic N) is 1. The maximum Gasteiger partial charge on any atom is 0.0443 e. The van der Waals surface area contributed by atoms with Gasteiger partial charge >= 0.3 is 0 Å². The highest BCUT2D eigenvalue weighted by atomic mass is 79.9. The van der Waals surface area contributed by atoms with Gasteiger partial charge in [-0.3, -0.25) is 4.90 Å². The zero-order valence-electron chi connectivity index (χ0n) is 11.2. The Bertz CT molecular complexity index is 343. The Morgan fingerprint density at radius 2 is 2.05 bits per heavy atom. The van der Waals surface area contributed by atoms with Crippen molar-refractivity contribution in [3.8, 4) is 0 Å². The number of thiophene rings is 1. The maximum absolute atomic E-state index is 3.57. The first-order valence-electron chi connectivity index (χ1n) is 6.50. The monoisotopic (exact) mass is 388 g/mol. The van der Waals surface area contributed by atoms with Gasteiger partial charge in [-0.05, 0) is 28.4 Å². The van der Waals surface area contributed by atoms with Crippen LogP contribution in [0.15, 0.2) is 15.9 Å². The van der Waals surface area contributed by atoms with E-state index in [1.165, 1.54) is 41.7 Å². The number of hydrogen-bond acceptors (Lipinski definition) is 3. The SMILES string of the molecule is CCCC[C@H](c1cc(Br)cs1)N1CCNCC1.Cl.Cl. The molecule has 2 nitrogen and oxygen atoms in total. The number of piperazine rings is 1. The molecule has 0 bridgehead atoms. The second-order valence-electron chi connectivity index (χ2n) is 4.61. The Kier molecular flexibility index (Phi) is 10.8. The number of nitrogens with one attached hydrogen (secondary N) is 1. The van der Waals surface area contributed by atoms with Crippen molar-refractivity contribution in [2.24, 2.45) is 0 Å². The van der Waals surface area contributed by atoms with Gasteiger partial charge in [0.05, 0.1) is 0 Å². The Morgan fingerprint density at radius 1 is 1.37 bits per heavy atom. The minimum Gasteiger partial charge on any atom is -0.314 e. The van der Waals surface area contributed by atoms with E-state index in [4.69, 9.17) is 0 Å². The molecule has 2 heterocycles. The Morgan fingerprint density at radius 3 is 2.58 bits per heavy atom. The molecule has 1 aromatic heterocycles. The highest BCUT2D eigenvalue weighted by molar-refractivity contribution is 9.10. The van der Waals surface area contributed by atoms with E-state index >= 15 is 0 Å². The minimum atomic E-state index is 0. The van der Waals surface area contributed by atoms with Gasteiger partial charge in [0, 0.05) is 47.0 Å². The van der Waals surface area contributed by atoms with Crippen LogP contribution >= 0.6 is 52.1 Å². The first kappa shape index (κ1) is 19.7. The van der Waals surface area contributed by atoms with Crippen LogP contribution in [0.4, 0.5) is 0 Å². The third-order valence-corrected chi connectivity index (χ3v) is 5.13. The summed E-state index contributed by atoms with van der Waals surface area (Å²) in [5.41, 5.74) is 0. The molecular formula is C13H23BrCl2N2S. The second-order valence-corrected chi connectivity index (χ2v) is 6.47. The zero-order valence-corrected chi connectivity index (χ0v) is 15.3. The van der Waals surface area contributed by atoms with Crippen LogP contribution in [0.25, 0.3) is 0 Å². The van der Waals surface area contributed by atoms with Crippen LogP contribution in [-0.2, 0) is 0 Å². The number of halogens is 3. The topological polar surface area (TPSA) is 15.3 Å². The van der Waals surface area contributed by atoms with Gasteiger partial charge in [0.15, 0.2) is 0 Å². The fourth-order valence-electron chi connectivity index (χ4n) is 2.40. The average Bonchev–Trinajstić information content (AvgIpc) is 2.78. The Hall–Kier alpha value is 0.680. The van der Waals surface area contributed by atoms with Crippen LogP contribution in [0.2, 0.25) is 0 Å². The van der Waals surface area contributed by atoms with Crippen LogP contribution in [0, 0.1) is 0 Å². The van der Waals surface area contributed by atoms with Crippen molar-refractivity contribution in [3.05, 3.63) is 20.8 Å². The lowest BCUT2D eigenvalue weighted by atomic mass is 10.1. The van der Waals surface area contributed by atoms with Crippen molar-refractivity contribution in [2.75, 3.05) is 26.2 Å². The third-order valence-electron chi connectivity index (χ3n) is 3.34. The summed E-state index contributed by atoms with van der Waals surface area (Å²) in [5, 5.41) is 5.64. The molecule has 0 saturated carbocycles. The summed E-state index contributed by atoms with van der Waals surface area (Å²) in [6.45, 7) is 6.91. The lowest BCUT2D eigenvalue weighted by Crippen LogP contribution is -2.45. The van der Waals surface area contributed by atoms with Crippen molar-refractivity contribution >= 4 is 52.1 Å². The van der Waals surface area contributed by atoms with Gasteiger partial charge < -0.3 is 5.32 Å². The quantitative estimate of drug-likeness (QED) is 0.797. The summed E-state index contributed by atoms with van der Waals surface area (Å²) in [7, 11) is 0. The van der Waals surface area contributed by atoms with E-state index in [9.17, 15) is 0 Å². The molecule has 1 atom stereocenters. The molecule has 0 aliphatic carbocycles. The summed E-state index contributed by atoms with van der Waals surface area (Å²) in [6, 6.07) is 2.93. The summed E-state index contributed by atoms with van der Waals surface area (Å²) in [6.07, 6.45) is 3.91. The summed E-state index contributed by atoms with van der Waals surface area (Å²) >= 11 is 5.46. The van der Waals surface area contributed by atoms with Crippen LogP contribution in [0.3, 0.4) is 0 Å². The van der Waals surface area contributed by atoms with Crippen LogP contribution in [0.5, 0.6) is 0 Å². The molecule has 112 valence electrons. The van der Waals surface area contributed by atoms with Gasteiger partial charge in [0.25, 0.3) is 0 Å². The standard InChI is InChI=1S/C13H21BrN2S.2ClH/c1-2-3-4-12(13-9-11(14)10-17-13)16-7-5-15-6-8-16;;/h9-10,12,15H,2-8H2,1H3;2*1H/t12-;;/m1../s1. The lowest BCUT2D eigenvalue weighted by molar-refractivity contribution is 0.165. The number of hydrogen-bond donors (Lipinski definition) is 1. The van der Waals surface area contributed by atoms with Gasteiger partial charge in [0.2, 0.25) is 0 Å². The van der Waals surface area contributed by atoms with E-state index in [-0.39, 0.29) is 24.8 Å². The fourth-order valence-corrected chi connectivity index (χ4v) is 4.01. The highest BCUT2D eigenvalue weighted by Gasteiger charge is 2.22. The molecule has 1 aliphatic heterocycles. The maximum atomic E-state index is 3.57. The number of rotatable bonds is 5. The molecule has 6 heteroatoms. The van der Waals surface area contributed by atoms with Crippen molar-refractivity contribution in [1.29, 1.82) is 0 Å². The molecule has 1 aliphatic rings. The molecule has 19 heavy (non-hydrogen) atoms. The first-order valence-corrected chi connectivity index (χ1v) is 8.17. The smallest absolute Gasteiger partial charge is 0.0443 e. The molecule has 0 spiro atoms. The summed E-state index contributed by atoms with van der Waals surface area (Å²) in [4.78, 5) is 4.16. The van der Waals surface area contributed by atoms with Crippen LogP contribution in [0.1, 0.15) is 37.1 Å². The number of unbranched alkanes of at least 4 members (excludes halogenated alkanes) is 1. The summed E-state index contributed by atoms with van der Waals surface area (Å²) < 4.78 is 1.23. The van der Waals surface area contributed by atoms with E-state index in [0.29, 0.717) is 6.04 Å². The normalized spacial score (nSPS) is 17.4. The Balaban J connectivity index is 0.00000162. The van der Waals surface area contributed by atoms with Crippen molar-refractivity contribution in [2.45, 2.75) is 32.2 Å². The van der Waals surface area contributed by atoms with E-state index in [1.54, 1.807) is 0 Å². The van der Waals surface area contributed by atoms with E-state index in [0.717, 1.165) is 13.1 Å². The largest absolute Gasteiger partial charge is 0.314 e. The predicted octanol–water partition coefficient (Wildman–Crippen LogP) is 4.49. The first-order chi connectivity index (χ1) is 8.31. The zero-order chi connectivity index (χ0) is 12.1. The molecule has 0 unspecified atom stereocenters. The molecule has 2 rings (SSSR count). The van der Waals surface area contributed by atoms with Crippen molar-refractivity contribution in [3.63, 3.8) is 0 Å². The van der Waals surface area contributed by atoms with Gasteiger partial charge in [-0.25, -0.2) is 0 Å². The van der Waals surface area contributed by atoms with Gasteiger partial charge in [-0.1, -0.05) is 19.8 Å².